The average Bonchev–Trinajstić information content (AvgIpc) is 2.74. The molecule has 0 heterocycles. The molecule has 4 nitrogen and oxygen atoms in total. The van der Waals surface area contributed by atoms with Crippen LogP contribution in [0.1, 0.15) is 34.1 Å². The summed E-state index contributed by atoms with van der Waals surface area (Å²) in [6.07, 6.45) is 11.1. The molecule has 0 aliphatic heterocycles. The van der Waals surface area contributed by atoms with Crippen molar-refractivity contribution < 1.29 is 19.4 Å². The van der Waals surface area contributed by atoms with Gasteiger partial charge in [-0.15, -0.1) is 0 Å². The molecule has 0 atom stereocenters. The Morgan fingerprint density at radius 3 is 2.60 bits per heavy atom. The van der Waals surface area contributed by atoms with E-state index in [0.29, 0.717) is 5.76 Å². The van der Waals surface area contributed by atoms with Gasteiger partial charge in [-0.2, -0.15) is 0 Å². The summed E-state index contributed by atoms with van der Waals surface area (Å²) in [4.78, 5) is 10.7. The molecule has 0 aromatic rings. The number of carboxylic acid groups (broad SMARTS) is 1. The van der Waals surface area contributed by atoms with Crippen LogP contribution in [0.15, 0.2) is 70.8 Å². The van der Waals surface area contributed by atoms with Gasteiger partial charge in [-0.1, -0.05) is 32.6 Å². The minimum absolute atomic E-state index is 0.153. The smallest absolute Gasteiger partial charge is 0.341 e. The van der Waals surface area contributed by atoms with E-state index in [1.807, 2.05) is 45.9 Å². The van der Waals surface area contributed by atoms with E-state index < -0.39 is 12.6 Å². The molecular formula is C21H28O4. The first-order chi connectivity index (χ1) is 11.8. The Labute approximate surface area is 150 Å². The summed E-state index contributed by atoms with van der Waals surface area (Å²) in [5, 5.41) is 8.79. The molecule has 0 unspecified atom stereocenters. The highest BCUT2D eigenvalue weighted by atomic mass is 16.5. The molecule has 0 radical (unpaired) electrons. The lowest BCUT2D eigenvalue weighted by molar-refractivity contribution is -0.140. The Bertz CT molecular complexity index is 670. The van der Waals surface area contributed by atoms with E-state index in [9.17, 15) is 4.79 Å². The molecule has 0 saturated carbocycles. The quantitative estimate of drug-likeness (QED) is 0.501. The number of rotatable bonds is 8. The minimum atomic E-state index is -1.02. The van der Waals surface area contributed by atoms with Crippen molar-refractivity contribution in [1.29, 1.82) is 0 Å². The van der Waals surface area contributed by atoms with Gasteiger partial charge in [0.25, 0.3) is 0 Å². The second-order valence-corrected chi connectivity index (χ2v) is 6.10. The van der Waals surface area contributed by atoms with Crippen molar-refractivity contribution in [2.45, 2.75) is 34.1 Å². The van der Waals surface area contributed by atoms with Gasteiger partial charge in [0.1, 0.15) is 11.5 Å². The molecule has 136 valence electrons. The molecule has 4 heteroatoms. The van der Waals surface area contributed by atoms with Crippen LogP contribution >= 0.6 is 0 Å². The topological polar surface area (TPSA) is 55.8 Å². The zero-order valence-corrected chi connectivity index (χ0v) is 15.8. The van der Waals surface area contributed by atoms with Crippen LogP contribution in [0.2, 0.25) is 0 Å². The van der Waals surface area contributed by atoms with Gasteiger partial charge in [-0.05, 0) is 66.7 Å². The van der Waals surface area contributed by atoms with Crippen LogP contribution in [0, 0.1) is 5.92 Å². The number of hydrogen-bond donors (Lipinski definition) is 1. The molecule has 0 aromatic heterocycles. The average molecular weight is 344 g/mol. The number of carbonyl (C=O) groups is 1. The molecule has 0 fully saturated rings. The maximum absolute atomic E-state index is 10.7. The van der Waals surface area contributed by atoms with E-state index in [1.54, 1.807) is 7.11 Å². The number of ether oxygens (including phenoxy) is 2. The first-order valence-corrected chi connectivity index (χ1v) is 8.35. The highest BCUT2D eigenvalue weighted by Gasteiger charge is 2.13. The molecule has 0 amide bonds. The number of carboxylic acids is 1. The standard InChI is InChI=1S/C21H28O4/c1-7-17(18-9-8-10-20(24-6)15(4)11-18)12-19(14(2)3)16(5)25-13-21(22)23/h7,9-12,14H,5,8,13H2,1-4,6H3,(H,22,23)/b17-7+,19-12-. The molecule has 1 rings (SSSR count). The van der Waals surface area contributed by atoms with Crippen LogP contribution in [0.3, 0.4) is 0 Å². The lowest BCUT2D eigenvalue weighted by atomic mass is 9.94. The van der Waals surface area contributed by atoms with E-state index >= 15 is 0 Å². The zero-order chi connectivity index (χ0) is 19.0. The highest BCUT2D eigenvalue weighted by molar-refractivity contribution is 5.68. The van der Waals surface area contributed by atoms with Gasteiger partial charge in [-0.25, -0.2) is 4.79 Å². The summed E-state index contributed by atoms with van der Waals surface area (Å²) < 4.78 is 10.7. The molecule has 0 spiro atoms. The van der Waals surface area contributed by atoms with Crippen molar-refractivity contribution in [2.75, 3.05) is 13.7 Å². The van der Waals surface area contributed by atoms with Gasteiger partial charge in [0.2, 0.25) is 0 Å². The summed E-state index contributed by atoms with van der Waals surface area (Å²) in [7, 11) is 1.67. The van der Waals surface area contributed by atoms with Crippen molar-refractivity contribution in [2.24, 2.45) is 5.92 Å². The van der Waals surface area contributed by atoms with Crippen molar-refractivity contribution in [3.8, 4) is 0 Å². The van der Waals surface area contributed by atoms with Crippen molar-refractivity contribution in [3.63, 3.8) is 0 Å². The Kier molecular flexibility index (Phi) is 7.99. The predicted molar refractivity (Wildman–Crippen MR) is 101 cm³/mol. The summed E-state index contributed by atoms with van der Waals surface area (Å²) in [5.74, 6) is 0.408. The SMILES string of the molecule is C=C(OCC(=O)O)/C(=C\C(=C/C)C1=CCC=C(OC)C(C)=C1)C(C)C. The van der Waals surface area contributed by atoms with Crippen molar-refractivity contribution >= 4 is 5.97 Å². The van der Waals surface area contributed by atoms with Gasteiger partial charge in [0, 0.05) is 0 Å². The van der Waals surface area contributed by atoms with Crippen molar-refractivity contribution in [1.82, 2.24) is 0 Å². The summed E-state index contributed by atoms with van der Waals surface area (Å²) in [6, 6.07) is 0. The maximum atomic E-state index is 10.7. The molecule has 1 aliphatic carbocycles. The molecular weight excluding hydrogens is 316 g/mol. The first kappa shape index (κ1) is 20.6. The lowest BCUT2D eigenvalue weighted by Gasteiger charge is -2.16. The van der Waals surface area contributed by atoms with Crippen LogP contribution in [0.25, 0.3) is 0 Å². The highest BCUT2D eigenvalue weighted by Crippen LogP contribution is 2.28. The molecule has 1 N–H and O–H groups in total. The third kappa shape index (κ3) is 6.14. The van der Waals surface area contributed by atoms with E-state index in [-0.39, 0.29) is 5.92 Å². The number of hydrogen-bond acceptors (Lipinski definition) is 3. The largest absolute Gasteiger partial charge is 0.497 e. The third-order valence-electron chi connectivity index (χ3n) is 3.89. The Morgan fingerprint density at radius 2 is 2.08 bits per heavy atom. The van der Waals surface area contributed by atoms with Crippen LogP contribution in [0.5, 0.6) is 0 Å². The van der Waals surface area contributed by atoms with Crippen LogP contribution < -0.4 is 0 Å². The summed E-state index contributed by atoms with van der Waals surface area (Å²) in [6.45, 7) is 11.6. The summed E-state index contributed by atoms with van der Waals surface area (Å²) in [5.41, 5.74) is 4.07. The van der Waals surface area contributed by atoms with Gasteiger partial charge in [0.15, 0.2) is 6.61 Å². The molecule has 0 saturated heterocycles. The molecule has 25 heavy (non-hydrogen) atoms. The molecule has 1 aliphatic rings. The lowest BCUT2D eigenvalue weighted by Crippen LogP contribution is -2.09. The summed E-state index contributed by atoms with van der Waals surface area (Å²) >= 11 is 0. The zero-order valence-electron chi connectivity index (χ0n) is 15.8. The monoisotopic (exact) mass is 344 g/mol. The normalized spacial score (nSPS) is 15.8. The van der Waals surface area contributed by atoms with Gasteiger partial charge >= 0.3 is 5.97 Å². The van der Waals surface area contributed by atoms with Crippen LogP contribution in [-0.4, -0.2) is 24.8 Å². The van der Waals surface area contributed by atoms with E-state index in [2.05, 4.69) is 18.7 Å². The number of aliphatic carboxylic acids is 1. The van der Waals surface area contributed by atoms with Gasteiger partial charge in [-0.3, -0.25) is 0 Å². The Morgan fingerprint density at radius 1 is 1.40 bits per heavy atom. The maximum Gasteiger partial charge on any atom is 0.341 e. The fourth-order valence-electron chi connectivity index (χ4n) is 2.56. The Balaban J connectivity index is 3.14. The van der Waals surface area contributed by atoms with Crippen molar-refractivity contribution in [3.05, 3.63) is 70.8 Å². The molecule has 0 aromatic carbocycles. The second kappa shape index (κ2) is 9.72. The first-order valence-electron chi connectivity index (χ1n) is 8.35. The number of methoxy groups -OCH3 is 1. The van der Waals surface area contributed by atoms with E-state index in [4.69, 9.17) is 14.6 Å². The van der Waals surface area contributed by atoms with Crippen LogP contribution in [-0.2, 0) is 14.3 Å². The van der Waals surface area contributed by atoms with Gasteiger partial charge < -0.3 is 14.6 Å². The third-order valence-corrected chi connectivity index (χ3v) is 3.89. The number of allylic oxidation sites excluding steroid dienone is 9. The van der Waals surface area contributed by atoms with E-state index in [1.165, 1.54) is 0 Å². The van der Waals surface area contributed by atoms with Crippen LogP contribution in [0.4, 0.5) is 0 Å². The van der Waals surface area contributed by atoms with Gasteiger partial charge in [0.05, 0.1) is 7.11 Å². The molecule has 0 bridgehead atoms. The second-order valence-electron chi connectivity index (χ2n) is 6.10. The Hall–Kier alpha value is -2.49. The fourth-order valence-corrected chi connectivity index (χ4v) is 2.56. The predicted octanol–water partition coefficient (Wildman–Crippen LogP) is 4.94. The van der Waals surface area contributed by atoms with E-state index in [0.717, 1.165) is 34.5 Å². The fraction of sp³-hybridized carbons (Fsp3) is 0.381. The minimum Gasteiger partial charge on any atom is -0.497 e.